The summed E-state index contributed by atoms with van der Waals surface area (Å²) in [6, 6.07) is 7.89. The molecule has 0 bridgehead atoms. The fraction of sp³-hybridized carbons (Fsp3) is 0.250. The monoisotopic (exact) mass is 264 g/mol. The van der Waals surface area contributed by atoms with Crippen LogP contribution in [0.4, 0.5) is 0 Å². The van der Waals surface area contributed by atoms with E-state index < -0.39 is 0 Å². The van der Waals surface area contributed by atoms with E-state index in [2.05, 4.69) is 33.0 Å². The summed E-state index contributed by atoms with van der Waals surface area (Å²) in [5, 5.41) is 8.83. The molecule has 20 heavy (non-hydrogen) atoms. The van der Waals surface area contributed by atoms with Crippen LogP contribution in [-0.4, -0.2) is 33.5 Å². The molecule has 2 aromatic rings. The number of benzene rings is 1. The molecule has 1 aromatic carbocycles. The van der Waals surface area contributed by atoms with Crippen LogP contribution in [0, 0.1) is 11.8 Å². The molecule has 3 rings (SSSR count). The lowest BCUT2D eigenvalue weighted by Crippen LogP contribution is -2.18. The van der Waals surface area contributed by atoms with Crippen LogP contribution in [0.3, 0.4) is 0 Å². The molecule has 0 saturated heterocycles. The molecule has 0 amide bonds. The minimum Gasteiger partial charge on any atom is -0.364 e. The molecule has 1 aromatic heterocycles. The van der Waals surface area contributed by atoms with Crippen LogP contribution in [0.1, 0.15) is 6.42 Å². The van der Waals surface area contributed by atoms with Crippen molar-refractivity contribution in [2.24, 2.45) is 0 Å². The van der Waals surface area contributed by atoms with E-state index in [1.54, 1.807) is 4.80 Å². The van der Waals surface area contributed by atoms with E-state index >= 15 is 0 Å². The smallest absolute Gasteiger partial charge is 0.113 e. The van der Waals surface area contributed by atoms with E-state index in [4.69, 9.17) is 0 Å². The number of aromatic nitrogens is 3. The summed E-state index contributed by atoms with van der Waals surface area (Å²) in [4.78, 5) is 3.85. The summed E-state index contributed by atoms with van der Waals surface area (Å²) < 4.78 is 0. The predicted octanol–water partition coefficient (Wildman–Crippen LogP) is 2.21. The van der Waals surface area contributed by atoms with Crippen molar-refractivity contribution in [3.63, 3.8) is 0 Å². The van der Waals surface area contributed by atoms with E-state index in [1.165, 1.54) is 0 Å². The van der Waals surface area contributed by atoms with Gasteiger partial charge in [-0.25, -0.2) is 0 Å². The zero-order valence-corrected chi connectivity index (χ0v) is 11.5. The first-order valence-electron chi connectivity index (χ1n) is 6.69. The summed E-state index contributed by atoms with van der Waals surface area (Å²) in [5.74, 6) is 6.38. The molecular formula is C16H16N4. The molecule has 0 N–H and O–H groups in total. The van der Waals surface area contributed by atoms with Crippen molar-refractivity contribution in [2.75, 3.05) is 13.6 Å². The highest BCUT2D eigenvalue weighted by molar-refractivity contribution is 5.72. The second-order valence-corrected chi connectivity index (χ2v) is 4.70. The Balaban J connectivity index is 1.63. The van der Waals surface area contributed by atoms with Gasteiger partial charge in [-0.2, -0.15) is 15.0 Å². The van der Waals surface area contributed by atoms with Gasteiger partial charge in [0.25, 0.3) is 0 Å². The molecule has 0 aliphatic carbocycles. The van der Waals surface area contributed by atoms with Crippen LogP contribution in [0.25, 0.3) is 11.0 Å². The van der Waals surface area contributed by atoms with E-state index in [0.29, 0.717) is 6.54 Å². The third-order valence-electron chi connectivity index (χ3n) is 3.16. The van der Waals surface area contributed by atoms with Gasteiger partial charge in [0, 0.05) is 20.0 Å². The third-order valence-corrected chi connectivity index (χ3v) is 3.16. The Hall–Kier alpha value is -2.54. The van der Waals surface area contributed by atoms with Crippen molar-refractivity contribution < 1.29 is 0 Å². The topological polar surface area (TPSA) is 34.0 Å². The van der Waals surface area contributed by atoms with E-state index in [0.717, 1.165) is 29.7 Å². The molecule has 1 aliphatic heterocycles. The maximum Gasteiger partial charge on any atom is 0.113 e. The van der Waals surface area contributed by atoms with Crippen LogP contribution >= 0.6 is 0 Å². The normalized spacial score (nSPS) is 14.1. The second-order valence-electron chi connectivity index (χ2n) is 4.70. The lowest BCUT2D eigenvalue weighted by Gasteiger charge is -2.18. The highest BCUT2D eigenvalue weighted by Gasteiger charge is 2.02. The molecule has 0 fully saturated rings. The highest BCUT2D eigenvalue weighted by Crippen LogP contribution is 2.07. The van der Waals surface area contributed by atoms with Gasteiger partial charge in [0.15, 0.2) is 0 Å². The van der Waals surface area contributed by atoms with Crippen LogP contribution < -0.4 is 0 Å². The first-order valence-corrected chi connectivity index (χ1v) is 6.69. The van der Waals surface area contributed by atoms with Gasteiger partial charge in [-0.1, -0.05) is 30.2 Å². The molecule has 0 spiro atoms. The molecule has 0 saturated carbocycles. The summed E-state index contributed by atoms with van der Waals surface area (Å²) >= 11 is 0. The Labute approximate surface area is 118 Å². The molecular weight excluding hydrogens is 248 g/mol. The number of hydrogen-bond acceptors (Lipinski definition) is 3. The lowest BCUT2D eigenvalue weighted by molar-refractivity contribution is 0.479. The van der Waals surface area contributed by atoms with Crippen molar-refractivity contribution in [1.82, 2.24) is 19.9 Å². The largest absolute Gasteiger partial charge is 0.364 e. The van der Waals surface area contributed by atoms with Gasteiger partial charge in [-0.3, -0.25) is 0 Å². The van der Waals surface area contributed by atoms with Gasteiger partial charge in [0.1, 0.15) is 11.0 Å². The van der Waals surface area contributed by atoms with Gasteiger partial charge in [-0.15, -0.1) is 0 Å². The number of hydrogen-bond donors (Lipinski definition) is 0. The Morgan fingerprint density at radius 3 is 2.65 bits per heavy atom. The number of fused-ring (bicyclic) bond motifs is 1. The SMILES string of the molecule is CN1CC=CC=C1C#CCCn1nc2ccccc2n1. The third kappa shape index (κ3) is 2.72. The van der Waals surface area contributed by atoms with E-state index in [1.807, 2.05) is 43.5 Å². The average molecular weight is 264 g/mol. The molecule has 4 heteroatoms. The predicted molar refractivity (Wildman–Crippen MR) is 79.8 cm³/mol. The van der Waals surface area contributed by atoms with Crippen LogP contribution in [0.15, 0.2) is 48.2 Å². The Kier molecular flexibility index (Phi) is 3.51. The Bertz CT molecular complexity index is 695. The molecule has 4 nitrogen and oxygen atoms in total. The molecule has 100 valence electrons. The zero-order chi connectivity index (χ0) is 13.8. The van der Waals surface area contributed by atoms with Crippen molar-refractivity contribution in [3.8, 4) is 11.8 Å². The molecule has 0 atom stereocenters. The van der Waals surface area contributed by atoms with Crippen molar-refractivity contribution in [3.05, 3.63) is 48.2 Å². The summed E-state index contributed by atoms with van der Waals surface area (Å²) in [6.45, 7) is 1.64. The Morgan fingerprint density at radius 1 is 1.20 bits per heavy atom. The quantitative estimate of drug-likeness (QED) is 0.780. The first-order chi connectivity index (χ1) is 9.83. The van der Waals surface area contributed by atoms with Crippen molar-refractivity contribution >= 4 is 11.0 Å². The number of nitrogens with zero attached hydrogens (tertiary/aromatic N) is 4. The van der Waals surface area contributed by atoms with Gasteiger partial charge in [-0.05, 0) is 24.1 Å². The van der Waals surface area contributed by atoms with E-state index in [-0.39, 0.29) is 0 Å². The van der Waals surface area contributed by atoms with Crippen molar-refractivity contribution in [1.29, 1.82) is 0 Å². The number of aryl methyl sites for hydroxylation is 1. The Morgan fingerprint density at radius 2 is 1.95 bits per heavy atom. The fourth-order valence-corrected chi connectivity index (χ4v) is 2.05. The number of likely N-dealkylation sites (N-methyl/N-ethyl adjacent to an activating group) is 1. The van der Waals surface area contributed by atoms with Gasteiger partial charge in [0.2, 0.25) is 0 Å². The maximum absolute atomic E-state index is 4.41. The summed E-state index contributed by atoms with van der Waals surface area (Å²) in [5.41, 5.74) is 2.92. The number of rotatable bonds is 2. The van der Waals surface area contributed by atoms with Gasteiger partial charge >= 0.3 is 0 Å². The fourth-order valence-electron chi connectivity index (χ4n) is 2.05. The molecule has 0 radical (unpaired) electrons. The highest BCUT2D eigenvalue weighted by atomic mass is 15.5. The van der Waals surface area contributed by atoms with Crippen molar-refractivity contribution in [2.45, 2.75) is 13.0 Å². The standard InChI is InChI=1S/C16H16N4/c1-19-12-6-4-8-14(19)9-5-7-13-20-17-15-10-2-3-11-16(15)18-20/h2-4,6,8,10-11H,7,12-13H2,1H3. The molecule has 1 aliphatic rings. The second kappa shape index (κ2) is 5.62. The van der Waals surface area contributed by atoms with Crippen LogP contribution in [-0.2, 0) is 6.54 Å². The minimum absolute atomic E-state index is 0.717. The van der Waals surface area contributed by atoms with E-state index in [9.17, 15) is 0 Å². The van der Waals surface area contributed by atoms with Crippen LogP contribution in [0.2, 0.25) is 0 Å². The summed E-state index contributed by atoms with van der Waals surface area (Å²) in [7, 11) is 2.05. The number of allylic oxidation sites excluding steroid dienone is 3. The first kappa shape index (κ1) is 12.5. The lowest BCUT2D eigenvalue weighted by atomic mass is 10.2. The van der Waals surface area contributed by atoms with Gasteiger partial charge < -0.3 is 4.90 Å². The summed E-state index contributed by atoms with van der Waals surface area (Å²) in [6.07, 6.45) is 6.95. The maximum atomic E-state index is 4.41. The average Bonchev–Trinajstić information content (AvgIpc) is 2.88. The molecule has 2 heterocycles. The van der Waals surface area contributed by atoms with Gasteiger partial charge in [0.05, 0.1) is 12.2 Å². The van der Waals surface area contributed by atoms with Crippen LogP contribution in [0.5, 0.6) is 0 Å². The molecule has 0 unspecified atom stereocenters. The minimum atomic E-state index is 0.717. The zero-order valence-electron chi connectivity index (χ0n) is 11.5.